The Bertz CT molecular complexity index is 2340. The smallest absolute Gasteiger partial charge is 0.0640 e. The quantitative estimate of drug-likeness (QED) is 0.181. The van der Waals surface area contributed by atoms with Crippen molar-refractivity contribution >= 4 is 48.6 Å². The van der Waals surface area contributed by atoms with Gasteiger partial charge in [-0.25, -0.2) is 0 Å². The molecule has 0 amide bonds. The fourth-order valence-corrected chi connectivity index (χ4v) is 13.5. The molecule has 4 bridgehead atoms. The fourth-order valence-electron chi connectivity index (χ4n) is 12.3. The molecule has 6 aromatic rings. The highest BCUT2D eigenvalue weighted by Crippen LogP contribution is 2.69. The van der Waals surface area contributed by atoms with Gasteiger partial charge in [0.15, 0.2) is 0 Å². The lowest BCUT2D eigenvalue weighted by atomic mass is 9.43. The summed E-state index contributed by atoms with van der Waals surface area (Å²) < 4.78 is 2.74. The minimum absolute atomic E-state index is 0.139. The minimum atomic E-state index is 0.139. The molecule has 1 nitrogen and oxygen atoms in total. The van der Waals surface area contributed by atoms with Gasteiger partial charge in [0.2, 0.25) is 0 Å². The second-order valence-electron chi connectivity index (χ2n) is 18.0. The third-order valence-corrected chi connectivity index (χ3v) is 15.7. The molecule has 50 heavy (non-hydrogen) atoms. The van der Waals surface area contributed by atoms with Crippen molar-refractivity contribution in [3.8, 4) is 11.1 Å². The molecule has 6 aliphatic rings. The first kappa shape index (κ1) is 29.8. The van der Waals surface area contributed by atoms with E-state index in [1.54, 1.807) is 11.1 Å². The van der Waals surface area contributed by atoms with E-state index in [2.05, 4.69) is 136 Å². The number of rotatable bonds is 3. The summed E-state index contributed by atoms with van der Waals surface area (Å²) in [5.74, 6) is 3.38. The molecule has 0 saturated heterocycles. The monoisotopic (exact) mass is 669 g/mol. The van der Waals surface area contributed by atoms with E-state index in [9.17, 15) is 0 Å². The number of hydrogen-bond acceptors (Lipinski definition) is 2. The van der Waals surface area contributed by atoms with Crippen molar-refractivity contribution < 1.29 is 0 Å². The molecule has 2 heteroatoms. The molecule has 4 saturated carbocycles. The molecule has 250 valence electrons. The Kier molecular flexibility index (Phi) is 6.04. The Labute approximate surface area is 301 Å². The maximum atomic E-state index is 2.68. The zero-order valence-electron chi connectivity index (χ0n) is 29.9. The van der Waals surface area contributed by atoms with Gasteiger partial charge >= 0.3 is 0 Å². The van der Waals surface area contributed by atoms with Crippen LogP contribution in [-0.2, 0) is 16.2 Å². The summed E-state index contributed by atoms with van der Waals surface area (Å²) in [5, 5.41) is 2.72. The van der Waals surface area contributed by atoms with Crippen LogP contribution in [0.4, 0.5) is 17.1 Å². The Morgan fingerprint density at radius 1 is 0.540 bits per heavy atom. The largest absolute Gasteiger partial charge is 0.309 e. The van der Waals surface area contributed by atoms with Gasteiger partial charge in [-0.2, -0.15) is 0 Å². The van der Waals surface area contributed by atoms with Crippen LogP contribution < -0.4 is 4.90 Å². The van der Waals surface area contributed by atoms with E-state index >= 15 is 0 Å². The molecule has 0 aliphatic heterocycles. The Morgan fingerprint density at radius 3 is 1.94 bits per heavy atom. The minimum Gasteiger partial charge on any atom is -0.309 e. The average Bonchev–Trinajstić information content (AvgIpc) is 3.64. The van der Waals surface area contributed by atoms with Crippen molar-refractivity contribution in [2.45, 2.75) is 88.9 Å². The Hall–Kier alpha value is -3.88. The van der Waals surface area contributed by atoms with E-state index in [0.29, 0.717) is 0 Å². The van der Waals surface area contributed by atoms with Crippen LogP contribution in [0, 0.1) is 23.7 Å². The van der Waals surface area contributed by atoms with Crippen molar-refractivity contribution in [2.24, 2.45) is 23.7 Å². The molecule has 4 fully saturated rings. The topological polar surface area (TPSA) is 3.24 Å². The summed E-state index contributed by atoms with van der Waals surface area (Å²) in [6, 6.07) is 40.6. The van der Waals surface area contributed by atoms with Crippen LogP contribution >= 0.6 is 11.3 Å². The molecule has 0 unspecified atom stereocenters. The van der Waals surface area contributed by atoms with Gasteiger partial charge in [-0.1, -0.05) is 94.4 Å². The normalized spacial score (nSPS) is 27.8. The van der Waals surface area contributed by atoms with E-state index in [-0.39, 0.29) is 16.2 Å². The van der Waals surface area contributed by atoms with Crippen molar-refractivity contribution in [3.05, 3.63) is 125 Å². The van der Waals surface area contributed by atoms with Crippen molar-refractivity contribution in [3.63, 3.8) is 0 Å². The molecule has 1 spiro atoms. The van der Waals surface area contributed by atoms with Crippen LogP contribution in [0.3, 0.4) is 0 Å². The molecule has 5 aromatic carbocycles. The first-order valence-corrected chi connectivity index (χ1v) is 20.1. The summed E-state index contributed by atoms with van der Waals surface area (Å²) in [4.78, 5) is 2.64. The lowest BCUT2D eigenvalue weighted by Crippen LogP contribution is -2.55. The SMILES string of the molecule is CC1(C)CCC(C)(C)c2cc(N(c3ccc4c(c3)C3(c5ccccc5-4)C4CC5CC(C4)CC3C5)c3cccc4c3sc3ccccc34)ccc21. The first-order chi connectivity index (χ1) is 24.2. The second kappa shape index (κ2) is 10.1. The molecular formula is C48H47NS. The molecule has 0 N–H and O–H groups in total. The van der Waals surface area contributed by atoms with Gasteiger partial charge in [-0.3, -0.25) is 0 Å². The number of fused-ring (bicyclic) bond motifs is 7. The van der Waals surface area contributed by atoms with Crippen LogP contribution in [0.2, 0.25) is 0 Å². The fraction of sp³-hybridized carbons (Fsp3) is 0.375. The van der Waals surface area contributed by atoms with E-state index in [0.717, 1.165) is 23.7 Å². The summed E-state index contributed by atoms with van der Waals surface area (Å²) in [7, 11) is 0. The van der Waals surface area contributed by atoms with E-state index in [1.165, 1.54) is 104 Å². The van der Waals surface area contributed by atoms with Crippen LogP contribution in [0.5, 0.6) is 0 Å². The van der Waals surface area contributed by atoms with Gasteiger partial charge in [0.05, 0.1) is 10.4 Å². The maximum Gasteiger partial charge on any atom is 0.0640 e. The number of nitrogens with zero attached hydrogens (tertiary/aromatic N) is 1. The average molecular weight is 670 g/mol. The van der Waals surface area contributed by atoms with Gasteiger partial charge in [0.25, 0.3) is 0 Å². The highest BCUT2D eigenvalue weighted by molar-refractivity contribution is 7.26. The van der Waals surface area contributed by atoms with Crippen molar-refractivity contribution in [2.75, 3.05) is 4.90 Å². The third kappa shape index (κ3) is 3.90. The maximum absolute atomic E-state index is 2.68. The highest BCUT2D eigenvalue weighted by Gasteiger charge is 2.61. The molecule has 6 aliphatic carbocycles. The summed E-state index contributed by atoms with van der Waals surface area (Å²) in [6.07, 6.45) is 9.56. The van der Waals surface area contributed by atoms with Crippen molar-refractivity contribution in [1.29, 1.82) is 0 Å². The van der Waals surface area contributed by atoms with Gasteiger partial charge in [-0.15, -0.1) is 11.3 Å². The summed E-state index contributed by atoms with van der Waals surface area (Å²) in [6.45, 7) is 9.81. The number of anilines is 3. The number of benzene rings is 5. The lowest BCUT2D eigenvalue weighted by Gasteiger charge is -2.61. The van der Waals surface area contributed by atoms with E-state index in [1.807, 2.05) is 11.3 Å². The molecule has 1 aromatic heterocycles. The van der Waals surface area contributed by atoms with Crippen LogP contribution in [0.1, 0.15) is 94.9 Å². The first-order valence-electron chi connectivity index (χ1n) is 19.3. The van der Waals surface area contributed by atoms with E-state index in [4.69, 9.17) is 0 Å². The van der Waals surface area contributed by atoms with Crippen molar-refractivity contribution in [1.82, 2.24) is 0 Å². The third-order valence-electron chi connectivity index (χ3n) is 14.5. The van der Waals surface area contributed by atoms with Gasteiger partial charge in [0, 0.05) is 32.3 Å². The molecule has 0 atom stereocenters. The zero-order valence-corrected chi connectivity index (χ0v) is 30.7. The number of thiophene rings is 1. The Morgan fingerprint density at radius 2 is 1.16 bits per heavy atom. The molecule has 12 rings (SSSR count). The summed E-state index contributed by atoms with van der Waals surface area (Å²) >= 11 is 1.95. The zero-order chi connectivity index (χ0) is 33.6. The summed E-state index contributed by atoms with van der Waals surface area (Å²) in [5.41, 5.74) is 13.7. The second-order valence-corrected chi connectivity index (χ2v) is 19.1. The number of hydrogen-bond donors (Lipinski definition) is 0. The van der Waals surface area contributed by atoms with Crippen LogP contribution in [0.25, 0.3) is 31.3 Å². The highest BCUT2D eigenvalue weighted by atomic mass is 32.1. The van der Waals surface area contributed by atoms with Gasteiger partial charge < -0.3 is 4.90 Å². The molecule has 0 radical (unpaired) electrons. The van der Waals surface area contributed by atoms with Gasteiger partial charge in [-0.05, 0) is 149 Å². The predicted octanol–water partition coefficient (Wildman–Crippen LogP) is 13.6. The Balaban J connectivity index is 1.17. The van der Waals surface area contributed by atoms with E-state index < -0.39 is 0 Å². The molecular weight excluding hydrogens is 623 g/mol. The standard InChI is InChI=1S/C48H47NS/c1-46(2)20-21-47(3,4)42-28-34(17-19-40(42)46)49(43-14-9-12-38-37-11-6-8-15-44(37)50-45(38)43)33-16-18-36-35-10-5-7-13-39(35)48(41(36)27-33)31-23-29-22-30(25-31)26-32(48)24-29/h5-19,27-32H,20-26H2,1-4H3. The lowest BCUT2D eigenvalue weighted by molar-refractivity contribution is -0.0399. The van der Waals surface area contributed by atoms with Crippen LogP contribution in [0.15, 0.2) is 103 Å². The van der Waals surface area contributed by atoms with Crippen LogP contribution in [-0.4, -0.2) is 0 Å². The molecule has 1 heterocycles. The van der Waals surface area contributed by atoms with Gasteiger partial charge in [0.1, 0.15) is 0 Å². The predicted molar refractivity (Wildman–Crippen MR) is 213 cm³/mol.